The molecule has 0 saturated carbocycles. The predicted octanol–water partition coefficient (Wildman–Crippen LogP) is 1.56. The van der Waals surface area contributed by atoms with E-state index in [-0.39, 0.29) is 0 Å². The molecule has 0 aromatic heterocycles. The van der Waals surface area contributed by atoms with E-state index in [4.69, 9.17) is 0 Å². The Morgan fingerprint density at radius 2 is 0.950 bits per heavy atom. The first kappa shape index (κ1) is 11.1. The average Bonchev–Trinajstić information content (AvgIpc) is 2.48. The first-order valence-corrected chi connectivity index (χ1v) is 6.35. The van der Waals surface area contributed by atoms with Crippen LogP contribution in [0.4, 0.5) is 0 Å². The van der Waals surface area contributed by atoms with Crippen LogP contribution in [0.5, 0.6) is 0 Å². The number of hydrogen-bond donors (Lipinski definition) is 0. The van der Waals surface area contributed by atoms with Gasteiger partial charge in [0.2, 0.25) is 10.9 Å². The molecule has 0 aliphatic heterocycles. The smallest absolute Gasteiger partial charge is 0.234 e. The van der Waals surface area contributed by atoms with Crippen molar-refractivity contribution in [1.82, 2.24) is 0 Å². The van der Waals surface area contributed by atoms with Crippen molar-refractivity contribution in [2.24, 2.45) is 0 Å². The minimum Gasteiger partial charge on any atom is -0.285 e. The standard InChI is InChI=1S/C18H10O2/c1-9-10(2)12-6-4-8-14-16(12)15-11(9)5-3-7-13(15)17(19)18(14)20/h3-8H,1-2H2. The van der Waals surface area contributed by atoms with E-state index >= 15 is 0 Å². The Balaban J connectivity index is 2.71. The van der Waals surface area contributed by atoms with Gasteiger partial charge in [-0.3, -0.25) is 9.59 Å². The highest BCUT2D eigenvalue weighted by molar-refractivity contribution is 6.22. The highest BCUT2D eigenvalue weighted by atomic mass is 16.2. The zero-order valence-corrected chi connectivity index (χ0v) is 10.7. The Bertz CT molecular complexity index is 1020. The molecule has 0 aliphatic rings. The molecule has 0 radical (unpaired) electrons. The van der Waals surface area contributed by atoms with Crippen molar-refractivity contribution in [2.45, 2.75) is 0 Å². The van der Waals surface area contributed by atoms with Crippen LogP contribution in [0.25, 0.3) is 45.5 Å². The van der Waals surface area contributed by atoms with Crippen LogP contribution in [0.2, 0.25) is 0 Å². The van der Waals surface area contributed by atoms with Gasteiger partial charge in [0.25, 0.3) is 0 Å². The highest BCUT2D eigenvalue weighted by Crippen LogP contribution is 2.26. The second-order valence-electron chi connectivity index (χ2n) is 5.07. The van der Waals surface area contributed by atoms with Gasteiger partial charge in [-0.2, -0.15) is 0 Å². The molecule has 0 atom stereocenters. The van der Waals surface area contributed by atoms with E-state index in [0.717, 1.165) is 32.0 Å². The molecule has 0 N–H and O–H groups in total. The summed E-state index contributed by atoms with van der Waals surface area (Å²) in [5, 5.41) is 6.03. The molecule has 0 fully saturated rings. The lowest BCUT2D eigenvalue weighted by atomic mass is 9.92. The van der Waals surface area contributed by atoms with Gasteiger partial charge >= 0.3 is 0 Å². The van der Waals surface area contributed by atoms with Crippen LogP contribution in [0.15, 0.2) is 46.0 Å². The summed E-state index contributed by atoms with van der Waals surface area (Å²) < 4.78 is 0. The fourth-order valence-electron chi connectivity index (χ4n) is 3.09. The van der Waals surface area contributed by atoms with Crippen molar-refractivity contribution in [3.63, 3.8) is 0 Å². The topological polar surface area (TPSA) is 34.1 Å². The molecule has 0 unspecified atom stereocenters. The summed E-state index contributed by atoms with van der Waals surface area (Å²) in [7, 11) is 0. The van der Waals surface area contributed by atoms with Crippen LogP contribution in [0, 0.1) is 0 Å². The normalized spacial score (nSPS) is 11.8. The lowest BCUT2D eigenvalue weighted by molar-refractivity contribution is 1.58. The van der Waals surface area contributed by atoms with Gasteiger partial charge < -0.3 is 0 Å². The van der Waals surface area contributed by atoms with Crippen molar-refractivity contribution in [3.05, 3.63) is 67.3 Å². The van der Waals surface area contributed by atoms with Gasteiger partial charge in [-0.15, -0.1) is 0 Å². The van der Waals surface area contributed by atoms with Gasteiger partial charge in [-0.1, -0.05) is 49.6 Å². The van der Waals surface area contributed by atoms with Gasteiger partial charge in [-0.25, -0.2) is 0 Å². The maximum atomic E-state index is 12.3. The Kier molecular flexibility index (Phi) is 1.90. The molecule has 94 valence electrons. The Morgan fingerprint density at radius 3 is 1.35 bits per heavy atom. The number of benzene rings is 4. The first-order chi connectivity index (χ1) is 9.61. The molecule has 0 amide bonds. The molecule has 0 aliphatic carbocycles. The Morgan fingerprint density at radius 1 is 0.600 bits per heavy atom. The van der Waals surface area contributed by atoms with Crippen LogP contribution in [-0.4, -0.2) is 0 Å². The molecule has 0 heterocycles. The zero-order valence-electron chi connectivity index (χ0n) is 10.7. The zero-order chi connectivity index (χ0) is 14.0. The summed E-state index contributed by atoms with van der Waals surface area (Å²) in [5.74, 6) is 0. The SMILES string of the molecule is C=c1c(=C)c2cccc3c(=O)c(=O)c4cccc1c4c23. The van der Waals surface area contributed by atoms with E-state index in [0.29, 0.717) is 10.8 Å². The second-order valence-corrected chi connectivity index (χ2v) is 5.07. The van der Waals surface area contributed by atoms with E-state index in [1.807, 2.05) is 12.1 Å². The largest absolute Gasteiger partial charge is 0.285 e. The van der Waals surface area contributed by atoms with Crippen LogP contribution in [0.3, 0.4) is 0 Å². The molecule has 2 nitrogen and oxygen atoms in total. The monoisotopic (exact) mass is 258 g/mol. The maximum absolute atomic E-state index is 12.3. The molecule has 4 rings (SSSR count). The molecule has 20 heavy (non-hydrogen) atoms. The number of hydrogen-bond acceptors (Lipinski definition) is 2. The Labute approximate surface area is 113 Å². The molecule has 0 saturated heterocycles. The molecule has 0 spiro atoms. The molecular weight excluding hydrogens is 248 g/mol. The molecule has 4 aromatic rings. The molecular formula is C18H10O2. The van der Waals surface area contributed by atoms with Gasteiger partial charge in [-0.05, 0) is 21.2 Å². The van der Waals surface area contributed by atoms with Crippen molar-refractivity contribution < 1.29 is 0 Å². The van der Waals surface area contributed by atoms with Crippen LogP contribution in [0.1, 0.15) is 0 Å². The lowest BCUT2D eigenvalue weighted by Gasteiger charge is -2.10. The predicted molar refractivity (Wildman–Crippen MR) is 84.2 cm³/mol. The molecule has 4 aromatic carbocycles. The summed E-state index contributed by atoms with van der Waals surface area (Å²) >= 11 is 0. The minimum absolute atomic E-state index is 0.438. The minimum atomic E-state index is -0.438. The van der Waals surface area contributed by atoms with Gasteiger partial charge in [0.1, 0.15) is 0 Å². The third kappa shape index (κ3) is 1.09. The van der Waals surface area contributed by atoms with Crippen molar-refractivity contribution in [1.29, 1.82) is 0 Å². The summed E-state index contributed by atoms with van der Waals surface area (Å²) in [5.41, 5.74) is -0.876. The first-order valence-electron chi connectivity index (χ1n) is 6.35. The molecule has 0 bridgehead atoms. The summed E-state index contributed by atoms with van der Waals surface area (Å²) in [4.78, 5) is 24.5. The highest BCUT2D eigenvalue weighted by Gasteiger charge is 2.15. The average molecular weight is 258 g/mol. The maximum Gasteiger partial charge on any atom is 0.234 e. The Hall–Kier alpha value is -2.74. The second kappa shape index (κ2) is 3.42. The summed E-state index contributed by atoms with van der Waals surface area (Å²) in [6, 6.07) is 10.8. The number of rotatable bonds is 0. The van der Waals surface area contributed by atoms with E-state index in [9.17, 15) is 9.59 Å². The van der Waals surface area contributed by atoms with E-state index in [1.165, 1.54) is 0 Å². The third-order valence-electron chi connectivity index (χ3n) is 4.09. The van der Waals surface area contributed by atoms with Gasteiger partial charge in [0, 0.05) is 21.5 Å². The van der Waals surface area contributed by atoms with E-state index in [1.54, 1.807) is 24.3 Å². The van der Waals surface area contributed by atoms with Gasteiger partial charge in [0.05, 0.1) is 0 Å². The molecule has 2 heteroatoms. The van der Waals surface area contributed by atoms with Crippen LogP contribution >= 0.6 is 0 Å². The van der Waals surface area contributed by atoms with Crippen molar-refractivity contribution >= 4 is 45.5 Å². The fourth-order valence-corrected chi connectivity index (χ4v) is 3.09. The van der Waals surface area contributed by atoms with Gasteiger partial charge in [0.15, 0.2) is 0 Å². The van der Waals surface area contributed by atoms with Crippen molar-refractivity contribution in [3.8, 4) is 0 Å². The van der Waals surface area contributed by atoms with E-state index in [2.05, 4.69) is 13.2 Å². The van der Waals surface area contributed by atoms with Crippen molar-refractivity contribution in [2.75, 3.05) is 0 Å². The lowest BCUT2D eigenvalue weighted by Crippen LogP contribution is -2.29. The van der Waals surface area contributed by atoms with Crippen LogP contribution in [-0.2, 0) is 0 Å². The van der Waals surface area contributed by atoms with Crippen LogP contribution < -0.4 is 21.3 Å². The summed E-state index contributed by atoms with van der Waals surface area (Å²) in [6.45, 7) is 8.16. The quantitative estimate of drug-likeness (QED) is 0.354. The fraction of sp³-hybridized carbons (Fsp3) is 0. The van der Waals surface area contributed by atoms with E-state index < -0.39 is 10.9 Å². The summed E-state index contributed by atoms with van der Waals surface area (Å²) in [6.07, 6.45) is 0. The third-order valence-corrected chi connectivity index (χ3v) is 4.09.